The number of ether oxygens (including phenoxy) is 3. The molecule has 5 unspecified atom stereocenters. The molecule has 1 spiro atoms. The molecule has 2 saturated heterocycles. The summed E-state index contributed by atoms with van der Waals surface area (Å²) in [6.45, 7) is 7.18. The highest BCUT2D eigenvalue weighted by Crippen LogP contribution is 2.43. The Bertz CT molecular complexity index is 974. The van der Waals surface area contributed by atoms with E-state index in [0.29, 0.717) is 22.4 Å². The molecular weight excluding hydrogens is 484 g/mol. The van der Waals surface area contributed by atoms with E-state index < -0.39 is 37.1 Å². The average Bonchev–Trinajstić information content (AvgIpc) is 2.86. The van der Waals surface area contributed by atoms with Gasteiger partial charge in [-0.2, -0.15) is 0 Å². The minimum atomic E-state index is -1.43. The van der Waals surface area contributed by atoms with Crippen molar-refractivity contribution in [3.8, 4) is 0 Å². The summed E-state index contributed by atoms with van der Waals surface area (Å²) in [4.78, 5) is 0. The Kier molecular flexibility index (Phi) is 8.94. The van der Waals surface area contributed by atoms with Crippen molar-refractivity contribution in [1.82, 2.24) is 0 Å². The third kappa shape index (κ3) is 6.05. The van der Waals surface area contributed by atoms with Gasteiger partial charge in [0.05, 0.1) is 25.9 Å². The second-order valence-electron chi connectivity index (χ2n) is 10.4. The molecule has 0 amide bonds. The van der Waals surface area contributed by atoms with Gasteiger partial charge in [0, 0.05) is 10.4 Å². The van der Waals surface area contributed by atoms with Gasteiger partial charge in [-0.25, -0.2) is 0 Å². The molecule has 4 rings (SSSR count). The van der Waals surface area contributed by atoms with E-state index in [0.717, 1.165) is 55.8 Å². The van der Waals surface area contributed by atoms with Gasteiger partial charge in [0.2, 0.25) is 0 Å². The molecular formula is C28H37ClO7. The van der Waals surface area contributed by atoms with E-state index in [-0.39, 0.29) is 6.10 Å². The first-order chi connectivity index (χ1) is 17.2. The van der Waals surface area contributed by atoms with E-state index in [4.69, 9.17) is 25.8 Å². The van der Waals surface area contributed by atoms with Crippen LogP contribution >= 0.6 is 11.6 Å². The fraction of sp³-hybridized carbons (Fsp3) is 0.571. The summed E-state index contributed by atoms with van der Waals surface area (Å²) in [5.41, 5.74) is 2.86. The van der Waals surface area contributed by atoms with Crippen LogP contribution in [0.2, 0.25) is 5.02 Å². The Morgan fingerprint density at radius 2 is 1.86 bits per heavy atom. The monoisotopic (exact) mass is 520 g/mol. The quantitative estimate of drug-likeness (QED) is 0.307. The van der Waals surface area contributed by atoms with Gasteiger partial charge < -0.3 is 34.6 Å². The number of benzene rings is 1. The zero-order valence-corrected chi connectivity index (χ0v) is 21.4. The molecule has 0 aromatic heterocycles. The second-order valence-corrected chi connectivity index (χ2v) is 10.8. The summed E-state index contributed by atoms with van der Waals surface area (Å²) >= 11 is 6.46. The first-order valence-electron chi connectivity index (χ1n) is 12.6. The van der Waals surface area contributed by atoms with Gasteiger partial charge in [0.25, 0.3) is 0 Å². The number of halogens is 1. The van der Waals surface area contributed by atoms with Crippen LogP contribution in [-0.4, -0.2) is 70.8 Å². The first-order valence-corrected chi connectivity index (χ1v) is 13.0. The fourth-order valence-corrected chi connectivity index (χ4v) is 5.40. The number of aliphatic hydroxyl groups is 4. The van der Waals surface area contributed by atoms with Crippen molar-refractivity contribution in [3.63, 3.8) is 0 Å². The van der Waals surface area contributed by atoms with Crippen molar-refractivity contribution in [2.45, 2.75) is 75.7 Å². The number of allylic oxidation sites excluding steroid dienone is 4. The molecule has 7 nitrogen and oxygen atoms in total. The predicted octanol–water partition coefficient (Wildman–Crippen LogP) is 3.39. The summed E-state index contributed by atoms with van der Waals surface area (Å²) in [6.07, 6.45) is 4.69. The van der Waals surface area contributed by atoms with Crippen LogP contribution < -0.4 is 0 Å². The SMILES string of the molecule is C=CC(=CC=C(C)Cc1cc(C2OC(CO)C(O)C(O)C2O)ccc1Cl)OC1CCC2(CC1)COC2. The number of aliphatic hydroxyl groups excluding tert-OH is 4. The first kappa shape index (κ1) is 27.3. The molecule has 1 aromatic carbocycles. The Labute approximate surface area is 217 Å². The van der Waals surface area contributed by atoms with Crippen LogP contribution in [0.15, 0.2) is 54.3 Å². The Morgan fingerprint density at radius 1 is 1.14 bits per heavy atom. The highest BCUT2D eigenvalue weighted by atomic mass is 35.5. The lowest BCUT2D eigenvalue weighted by Crippen LogP contribution is -2.55. The standard InChI is InChI=1S/C28H37ClO7/c1-3-20(35-21-8-10-28(11-9-21)15-34-16-28)6-4-17(2)12-19-13-18(5-7-22(19)29)27-26(33)25(32)24(31)23(14-30)36-27/h3-7,13,21,23-27,30-33H,1,8-12,14-16H2,2H3. The summed E-state index contributed by atoms with van der Waals surface area (Å²) in [5.74, 6) is 0.737. The van der Waals surface area contributed by atoms with Gasteiger partial charge in [-0.3, -0.25) is 0 Å². The molecule has 4 N–H and O–H groups in total. The maximum atomic E-state index is 10.5. The van der Waals surface area contributed by atoms with Crippen molar-refractivity contribution < 1.29 is 34.6 Å². The molecule has 198 valence electrons. The molecule has 3 aliphatic rings. The van der Waals surface area contributed by atoms with E-state index >= 15 is 0 Å². The van der Waals surface area contributed by atoms with Gasteiger partial charge in [-0.15, -0.1) is 0 Å². The lowest BCUT2D eigenvalue weighted by atomic mass is 9.72. The highest BCUT2D eigenvalue weighted by molar-refractivity contribution is 6.31. The van der Waals surface area contributed by atoms with Crippen LogP contribution in [-0.2, 0) is 20.6 Å². The van der Waals surface area contributed by atoms with Gasteiger partial charge in [0.1, 0.15) is 36.3 Å². The molecule has 1 aromatic rings. The Balaban J connectivity index is 1.41. The molecule has 2 heterocycles. The summed E-state index contributed by atoms with van der Waals surface area (Å²) < 4.78 is 17.3. The van der Waals surface area contributed by atoms with Crippen molar-refractivity contribution in [2.75, 3.05) is 19.8 Å². The number of rotatable bonds is 8. The molecule has 1 aliphatic carbocycles. The van der Waals surface area contributed by atoms with Crippen LogP contribution in [0.25, 0.3) is 0 Å². The second kappa shape index (κ2) is 11.8. The molecule has 8 heteroatoms. The third-order valence-corrected chi connectivity index (χ3v) is 7.97. The number of hydrogen-bond acceptors (Lipinski definition) is 7. The summed E-state index contributed by atoms with van der Waals surface area (Å²) in [6, 6.07) is 5.26. The Hall–Kier alpha value is -1.71. The third-order valence-electron chi connectivity index (χ3n) is 7.61. The van der Waals surface area contributed by atoms with Gasteiger partial charge in [-0.05, 0) is 68.4 Å². The van der Waals surface area contributed by atoms with Crippen LogP contribution in [0, 0.1) is 5.41 Å². The Morgan fingerprint density at radius 3 is 2.47 bits per heavy atom. The van der Waals surface area contributed by atoms with Crippen molar-refractivity contribution in [2.24, 2.45) is 5.41 Å². The normalized spacial score (nSPS) is 31.2. The summed E-state index contributed by atoms with van der Waals surface area (Å²) in [7, 11) is 0. The molecule has 5 atom stereocenters. The fourth-order valence-electron chi connectivity index (χ4n) is 5.22. The smallest absolute Gasteiger partial charge is 0.119 e. The topological polar surface area (TPSA) is 109 Å². The minimum absolute atomic E-state index is 0.193. The van der Waals surface area contributed by atoms with E-state index in [9.17, 15) is 20.4 Å². The average molecular weight is 521 g/mol. The van der Waals surface area contributed by atoms with Crippen molar-refractivity contribution in [3.05, 3.63) is 70.5 Å². The predicted molar refractivity (Wildman–Crippen MR) is 137 cm³/mol. The molecule has 1 saturated carbocycles. The molecule has 2 aliphatic heterocycles. The van der Waals surface area contributed by atoms with Gasteiger partial charge >= 0.3 is 0 Å². The van der Waals surface area contributed by atoms with Crippen LogP contribution in [0.5, 0.6) is 0 Å². The zero-order valence-electron chi connectivity index (χ0n) is 20.7. The van der Waals surface area contributed by atoms with Gasteiger partial charge in [0.15, 0.2) is 0 Å². The zero-order chi connectivity index (χ0) is 25.9. The lowest BCUT2D eigenvalue weighted by Gasteiger charge is -2.46. The molecule has 3 fully saturated rings. The van der Waals surface area contributed by atoms with Crippen LogP contribution in [0.3, 0.4) is 0 Å². The molecule has 36 heavy (non-hydrogen) atoms. The lowest BCUT2D eigenvalue weighted by molar-refractivity contribution is -0.231. The van der Waals surface area contributed by atoms with E-state index in [1.54, 1.807) is 18.2 Å². The van der Waals surface area contributed by atoms with Crippen molar-refractivity contribution >= 4 is 11.6 Å². The van der Waals surface area contributed by atoms with Crippen LogP contribution in [0.4, 0.5) is 0 Å². The van der Waals surface area contributed by atoms with Crippen LogP contribution in [0.1, 0.15) is 49.8 Å². The summed E-state index contributed by atoms with van der Waals surface area (Å²) in [5, 5.41) is 40.7. The minimum Gasteiger partial charge on any atom is -0.490 e. The highest BCUT2D eigenvalue weighted by Gasteiger charge is 2.44. The maximum absolute atomic E-state index is 10.5. The van der Waals surface area contributed by atoms with E-state index in [1.165, 1.54) is 0 Å². The van der Waals surface area contributed by atoms with Gasteiger partial charge in [-0.1, -0.05) is 42.0 Å². The maximum Gasteiger partial charge on any atom is 0.119 e. The molecule has 0 radical (unpaired) electrons. The largest absolute Gasteiger partial charge is 0.490 e. The number of hydrogen-bond donors (Lipinski definition) is 4. The van der Waals surface area contributed by atoms with E-state index in [2.05, 4.69) is 6.58 Å². The molecule has 0 bridgehead atoms. The van der Waals surface area contributed by atoms with Crippen molar-refractivity contribution in [1.29, 1.82) is 0 Å². The van der Waals surface area contributed by atoms with E-state index in [1.807, 2.05) is 25.1 Å².